The fourth-order valence-corrected chi connectivity index (χ4v) is 5.10. The predicted molar refractivity (Wildman–Crippen MR) is 102 cm³/mol. The minimum Gasteiger partial charge on any atom is -1.00 e. The molecule has 3 aromatic rings. The van der Waals surface area contributed by atoms with Crippen molar-refractivity contribution in [3.05, 3.63) is 64.6 Å². The van der Waals surface area contributed by atoms with Crippen LogP contribution in [0.1, 0.15) is 11.9 Å². The Labute approximate surface area is 165 Å². The minimum absolute atomic E-state index is 0. The van der Waals surface area contributed by atoms with Crippen LogP contribution in [0.5, 0.6) is 0 Å². The van der Waals surface area contributed by atoms with Gasteiger partial charge in [0.05, 0.1) is 16.9 Å². The molecule has 0 atom stereocenters. The Balaban J connectivity index is 0.00000182. The number of anilines is 1. The Morgan fingerprint density at radius 2 is 1.84 bits per heavy atom. The summed E-state index contributed by atoms with van der Waals surface area (Å²) in [5.74, 6) is 0.638. The molecule has 1 amide bonds. The van der Waals surface area contributed by atoms with E-state index in [0.29, 0.717) is 5.75 Å². The van der Waals surface area contributed by atoms with Crippen LogP contribution in [0.2, 0.25) is 0 Å². The summed E-state index contributed by atoms with van der Waals surface area (Å²) in [7, 11) is 0. The van der Waals surface area contributed by atoms with E-state index in [1.165, 1.54) is 15.2 Å². The van der Waals surface area contributed by atoms with E-state index in [1.54, 1.807) is 23.1 Å². The molecule has 1 fully saturated rings. The number of para-hydroxylation sites is 2. The molecule has 1 aromatic heterocycles. The Morgan fingerprint density at radius 1 is 1.12 bits per heavy atom. The molecule has 1 saturated heterocycles. The van der Waals surface area contributed by atoms with Crippen molar-refractivity contribution in [3.8, 4) is 0 Å². The molecule has 0 N–H and O–H groups in total. The normalized spacial score (nSPS) is 15.8. The van der Waals surface area contributed by atoms with Crippen molar-refractivity contribution in [3.63, 3.8) is 0 Å². The molecule has 6 heteroatoms. The van der Waals surface area contributed by atoms with E-state index in [9.17, 15) is 4.79 Å². The lowest BCUT2D eigenvalue weighted by atomic mass is 10.3. The maximum absolute atomic E-state index is 12.4. The monoisotopic (exact) mass is 432 g/mol. The lowest BCUT2D eigenvalue weighted by molar-refractivity contribution is -0.665. The van der Waals surface area contributed by atoms with Crippen molar-refractivity contribution < 1.29 is 26.3 Å². The quantitative estimate of drug-likeness (QED) is 0.582. The first-order valence-electron chi connectivity index (χ1n) is 7.92. The van der Waals surface area contributed by atoms with E-state index in [0.717, 1.165) is 17.3 Å². The highest BCUT2D eigenvalue weighted by Crippen LogP contribution is 2.35. The van der Waals surface area contributed by atoms with E-state index in [4.69, 9.17) is 0 Å². The third-order valence-electron chi connectivity index (χ3n) is 4.03. The minimum atomic E-state index is 0. The third-order valence-corrected chi connectivity index (χ3v) is 6.13. The third kappa shape index (κ3) is 3.38. The number of aromatic nitrogens is 1. The molecule has 2 aromatic carbocycles. The van der Waals surface area contributed by atoms with E-state index in [-0.39, 0.29) is 22.9 Å². The molecule has 2 heterocycles. The molecule has 128 valence electrons. The Morgan fingerprint density at radius 3 is 2.60 bits per heavy atom. The van der Waals surface area contributed by atoms with Gasteiger partial charge in [0.2, 0.25) is 11.4 Å². The fraction of sp³-hybridized carbons (Fsp3) is 0.158. The van der Waals surface area contributed by atoms with Crippen LogP contribution in [0.4, 0.5) is 5.69 Å². The largest absolute Gasteiger partial charge is 1.00 e. The SMILES string of the molecule is CC[n+]1c(/C=C2\SCC(=O)N2c2ccccc2)sc2ccccc21.[Br-]. The number of aryl methyl sites for hydroxylation is 1. The molecule has 0 bridgehead atoms. The van der Waals surface area contributed by atoms with Gasteiger partial charge in [0.15, 0.2) is 0 Å². The smallest absolute Gasteiger partial charge is 0.265 e. The predicted octanol–water partition coefficient (Wildman–Crippen LogP) is 1.29. The van der Waals surface area contributed by atoms with Crippen molar-refractivity contribution in [2.45, 2.75) is 13.5 Å². The number of rotatable bonds is 3. The van der Waals surface area contributed by atoms with Gasteiger partial charge in [-0.2, -0.15) is 4.57 Å². The van der Waals surface area contributed by atoms with Crippen LogP contribution in [0.25, 0.3) is 16.3 Å². The number of hydrogen-bond acceptors (Lipinski definition) is 3. The van der Waals surface area contributed by atoms with Crippen molar-refractivity contribution in [1.82, 2.24) is 0 Å². The van der Waals surface area contributed by atoms with Crippen LogP contribution >= 0.6 is 23.1 Å². The van der Waals surface area contributed by atoms with Gasteiger partial charge in [0.1, 0.15) is 11.2 Å². The van der Waals surface area contributed by atoms with Gasteiger partial charge < -0.3 is 17.0 Å². The summed E-state index contributed by atoms with van der Waals surface area (Å²) in [6, 6.07) is 18.3. The highest BCUT2D eigenvalue weighted by molar-refractivity contribution is 8.04. The lowest BCUT2D eigenvalue weighted by Gasteiger charge is -2.16. The Hall–Kier alpha value is -1.63. The average Bonchev–Trinajstić information content (AvgIpc) is 3.15. The molecule has 0 unspecified atom stereocenters. The number of fused-ring (bicyclic) bond motifs is 1. The summed E-state index contributed by atoms with van der Waals surface area (Å²) < 4.78 is 3.58. The average molecular weight is 433 g/mol. The van der Waals surface area contributed by atoms with E-state index >= 15 is 0 Å². The second-order valence-electron chi connectivity index (χ2n) is 5.49. The Bertz CT molecular complexity index is 937. The Kier molecular flexibility index (Phi) is 5.61. The molecule has 0 aliphatic carbocycles. The first-order chi connectivity index (χ1) is 11.8. The second-order valence-corrected chi connectivity index (χ2v) is 7.55. The standard InChI is InChI=1S/C19H17N2OS2.BrH/c1-2-20-15-10-6-7-11-16(15)24-18(20)12-19-21(17(22)13-23-19)14-8-4-3-5-9-14;/h3-12H,2,13H2,1H3;1H/q+1;/p-1. The summed E-state index contributed by atoms with van der Waals surface area (Å²) in [5.41, 5.74) is 2.18. The highest BCUT2D eigenvalue weighted by Gasteiger charge is 2.29. The maximum Gasteiger partial charge on any atom is 0.265 e. The number of amides is 1. The van der Waals surface area contributed by atoms with Crippen molar-refractivity contribution in [2.75, 3.05) is 10.7 Å². The van der Waals surface area contributed by atoms with E-state index < -0.39 is 0 Å². The molecule has 1 aliphatic heterocycles. The van der Waals surface area contributed by atoms with Crippen molar-refractivity contribution in [1.29, 1.82) is 0 Å². The maximum atomic E-state index is 12.4. The summed E-state index contributed by atoms with van der Waals surface area (Å²) >= 11 is 3.38. The topological polar surface area (TPSA) is 24.2 Å². The number of thioether (sulfide) groups is 1. The van der Waals surface area contributed by atoms with Gasteiger partial charge >= 0.3 is 0 Å². The van der Waals surface area contributed by atoms with Gasteiger partial charge in [0, 0.05) is 11.8 Å². The summed E-state index contributed by atoms with van der Waals surface area (Å²) in [6.45, 7) is 3.07. The van der Waals surface area contributed by atoms with Crippen LogP contribution in [-0.2, 0) is 11.3 Å². The van der Waals surface area contributed by atoms with Crippen LogP contribution in [-0.4, -0.2) is 11.7 Å². The van der Waals surface area contributed by atoms with E-state index in [1.807, 2.05) is 35.2 Å². The molecule has 25 heavy (non-hydrogen) atoms. The van der Waals surface area contributed by atoms with Gasteiger partial charge in [-0.15, -0.1) is 0 Å². The van der Waals surface area contributed by atoms with Gasteiger partial charge in [-0.1, -0.05) is 53.4 Å². The zero-order chi connectivity index (χ0) is 16.5. The van der Waals surface area contributed by atoms with Crippen LogP contribution in [0.15, 0.2) is 59.6 Å². The lowest BCUT2D eigenvalue weighted by Crippen LogP contribution is -3.00. The number of halogens is 1. The molecule has 4 rings (SSSR count). The zero-order valence-corrected chi connectivity index (χ0v) is 16.9. The number of benzene rings is 2. The number of carbonyl (C=O) groups excluding carboxylic acids is 1. The molecular formula is C19H17BrN2OS2. The number of thiazole rings is 1. The second kappa shape index (κ2) is 7.72. The first kappa shape index (κ1) is 18.2. The van der Waals surface area contributed by atoms with Gasteiger partial charge in [0.25, 0.3) is 5.01 Å². The van der Waals surface area contributed by atoms with Crippen LogP contribution in [0, 0.1) is 0 Å². The first-order valence-corrected chi connectivity index (χ1v) is 9.72. The van der Waals surface area contributed by atoms with Gasteiger partial charge in [-0.3, -0.25) is 9.69 Å². The van der Waals surface area contributed by atoms with Crippen LogP contribution < -0.4 is 26.4 Å². The van der Waals surface area contributed by atoms with Gasteiger partial charge in [-0.25, -0.2) is 0 Å². The number of nitrogens with zero attached hydrogens (tertiary/aromatic N) is 2. The van der Waals surface area contributed by atoms with E-state index in [2.05, 4.69) is 41.8 Å². The molecule has 0 spiro atoms. The molecule has 0 saturated carbocycles. The van der Waals surface area contributed by atoms with Crippen molar-refractivity contribution >= 4 is 51.0 Å². The molecule has 1 aliphatic rings. The van der Waals surface area contributed by atoms with Gasteiger partial charge in [-0.05, 0) is 25.1 Å². The number of hydrogen-bond donors (Lipinski definition) is 0. The summed E-state index contributed by atoms with van der Waals surface area (Å²) in [6.07, 6.45) is 2.15. The van der Waals surface area contributed by atoms with Crippen LogP contribution in [0.3, 0.4) is 0 Å². The molecule has 0 radical (unpaired) electrons. The molecular weight excluding hydrogens is 416 g/mol. The fourth-order valence-electron chi connectivity index (χ4n) is 2.93. The summed E-state index contributed by atoms with van der Waals surface area (Å²) in [4.78, 5) is 14.2. The zero-order valence-electron chi connectivity index (χ0n) is 13.7. The highest BCUT2D eigenvalue weighted by atomic mass is 79.9. The number of carbonyl (C=O) groups is 1. The summed E-state index contributed by atoms with van der Waals surface area (Å²) in [5, 5.41) is 2.18. The van der Waals surface area contributed by atoms with Crippen molar-refractivity contribution in [2.24, 2.45) is 0 Å². The molecule has 3 nitrogen and oxygen atoms in total.